The lowest BCUT2D eigenvalue weighted by Crippen LogP contribution is -2.50. The third-order valence-corrected chi connectivity index (χ3v) is 7.26. The molecule has 0 aromatic heterocycles. The molecule has 2 aliphatic carbocycles. The number of Topliss-reactive ketones (excluding diaryl/α,β-unsaturated/α-hetero) is 1. The number of ether oxygens (including phenoxy) is 3. The number of carbonyl (C=O) groups excluding carboxylic acids is 3. The number of rotatable bonds is 4. The first-order valence-corrected chi connectivity index (χ1v) is 9.93. The summed E-state index contributed by atoms with van der Waals surface area (Å²) in [4.78, 5) is 38.1. The summed E-state index contributed by atoms with van der Waals surface area (Å²) in [5.74, 6) is -3.07. The minimum Gasteiger partial charge on any atom is -0.460 e. The Morgan fingerprint density at radius 3 is 2.64 bits per heavy atom. The molecular formula is C21H30O7. The fourth-order valence-electron chi connectivity index (χ4n) is 5.30. The fourth-order valence-corrected chi connectivity index (χ4v) is 5.30. The summed E-state index contributed by atoms with van der Waals surface area (Å²) in [6, 6.07) is 0. The summed E-state index contributed by atoms with van der Waals surface area (Å²) in [5.41, 5.74) is -0.977. The summed E-state index contributed by atoms with van der Waals surface area (Å²) in [6.07, 6.45) is -2.52. The van der Waals surface area contributed by atoms with Gasteiger partial charge in [0.15, 0.2) is 0 Å². The Kier molecular flexibility index (Phi) is 5.44. The average Bonchev–Trinajstić information content (AvgIpc) is 3.09. The molecule has 0 bridgehead atoms. The van der Waals surface area contributed by atoms with E-state index in [4.69, 9.17) is 14.2 Å². The van der Waals surface area contributed by atoms with Gasteiger partial charge in [0.2, 0.25) is 0 Å². The maximum atomic E-state index is 13.2. The minimum atomic E-state index is -1.11. The summed E-state index contributed by atoms with van der Waals surface area (Å²) in [7, 11) is 1.54. The van der Waals surface area contributed by atoms with Gasteiger partial charge in [-0.3, -0.25) is 9.59 Å². The lowest BCUT2D eigenvalue weighted by atomic mass is 9.67. The zero-order valence-corrected chi connectivity index (χ0v) is 17.1. The number of fused-ring (bicyclic) bond motifs is 2. The normalized spacial score (nSPS) is 43.8. The highest BCUT2D eigenvalue weighted by atomic mass is 16.6. The maximum absolute atomic E-state index is 13.2. The number of hydrogen-bond acceptors (Lipinski definition) is 7. The highest BCUT2D eigenvalue weighted by Crippen LogP contribution is 2.57. The zero-order chi connectivity index (χ0) is 21.0. The molecule has 1 aliphatic heterocycles. The Hall–Kier alpha value is -1.73. The van der Waals surface area contributed by atoms with Crippen molar-refractivity contribution in [1.29, 1.82) is 0 Å². The highest BCUT2D eigenvalue weighted by Gasteiger charge is 2.68. The van der Waals surface area contributed by atoms with E-state index in [0.717, 1.165) is 0 Å². The number of hydrogen-bond donors (Lipinski definition) is 1. The van der Waals surface area contributed by atoms with Crippen LogP contribution in [-0.2, 0) is 28.6 Å². The van der Waals surface area contributed by atoms with Crippen LogP contribution in [0.4, 0.5) is 0 Å². The van der Waals surface area contributed by atoms with Gasteiger partial charge < -0.3 is 19.3 Å². The lowest BCUT2D eigenvalue weighted by Gasteiger charge is -2.40. The van der Waals surface area contributed by atoms with Gasteiger partial charge >= 0.3 is 11.9 Å². The summed E-state index contributed by atoms with van der Waals surface area (Å²) >= 11 is 0. The molecule has 3 aliphatic rings. The molecule has 9 atom stereocenters. The van der Waals surface area contributed by atoms with Crippen LogP contribution in [0.2, 0.25) is 0 Å². The number of ketones is 1. The number of carbonyl (C=O) groups is 3. The van der Waals surface area contributed by atoms with Crippen LogP contribution >= 0.6 is 0 Å². The molecule has 0 unspecified atom stereocenters. The van der Waals surface area contributed by atoms with Crippen molar-refractivity contribution in [3.05, 3.63) is 12.2 Å². The van der Waals surface area contributed by atoms with E-state index >= 15 is 0 Å². The van der Waals surface area contributed by atoms with E-state index in [-0.39, 0.29) is 29.6 Å². The van der Waals surface area contributed by atoms with Crippen molar-refractivity contribution in [2.45, 2.75) is 65.0 Å². The summed E-state index contributed by atoms with van der Waals surface area (Å²) in [6.45, 7) is 11.0. The molecule has 3 fully saturated rings. The van der Waals surface area contributed by atoms with Gasteiger partial charge in [-0.15, -0.1) is 0 Å². The monoisotopic (exact) mass is 394 g/mol. The van der Waals surface area contributed by atoms with Crippen LogP contribution in [0.3, 0.4) is 0 Å². The van der Waals surface area contributed by atoms with Gasteiger partial charge in [-0.05, 0) is 19.3 Å². The Labute approximate surface area is 165 Å². The number of esters is 2. The first kappa shape index (κ1) is 21.0. The van der Waals surface area contributed by atoms with Crippen molar-refractivity contribution in [1.82, 2.24) is 0 Å². The molecule has 7 nitrogen and oxygen atoms in total. The molecule has 0 amide bonds. The Morgan fingerprint density at radius 1 is 1.43 bits per heavy atom. The molecule has 1 N–H and O–H groups in total. The molecule has 7 heteroatoms. The quantitative estimate of drug-likeness (QED) is 0.572. The second-order valence-electron chi connectivity index (χ2n) is 8.65. The van der Waals surface area contributed by atoms with E-state index in [1.165, 1.54) is 7.11 Å². The van der Waals surface area contributed by atoms with E-state index in [9.17, 15) is 19.5 Å². The number of aliphatic hydroxyl groups is 1. The molecule has 0 radical (unpaired) electrons. The van der Waals surface area contributed by atoms with Crippen LogP contribution in [0.1, 0.15) is 40.5 Å². The van der Waals surface area contributed by atoms with Crippen molar-refractivity contribution in [3.63, 3.8) is 0 Å². The van der Waals surface area contributed by atoms with Gasteiger partial charge in [0, 0.05) is 25.0 Å². The van der Waals surface area contributed by atoms with Crippen LogP contribution in [-0.4, -0.2) is 54.4 Å². The van der Waals surface area contributed by atoms with Crippen molar-refractivity contribution in [2.75, 3.05) is 7.11 Å². The van der Waals surface area contributed by atoms with Gasteiger partial charge in [0.1, 0.15) is 18.0 Å². The largest absolute Gasteiger partial charge is 0.460 e. The Bertz CT molecular complexity index is 701. The predicted molar refractivity (Wildman–Crippen MR) is 99.0 cm³/mol. The van der Waals surface area contributed by atoms with Crippen molar-refractivity contribution >= 4 is 17.7 Å². The minimum absolute atomic E-state index is 0.0989. The Morgan fingerprint density at radius 2 is 2.07 bits per heavy atom. The van der Waals surface area contributed by atoms with E-state index < -0.39 is 53.6 Å². The number of methoxy groups -OCH3 is 1. The third-order valence-electron chi connectivity index (χ3n) is 7.26. The molecule has 3 rings (SSSR count). The average molecular weight is 394 g/mol. The third kappa shape index (κ3) is 2.82. The van der Waals surface area contributed by atoms with Crippen molar-refractivity contribution in [2.24, 2.45) is 29.1 Å². The molecular weight excluding hydrogens is 364 g/mol. The molecule has 2 saturated carbocycles. The van der Waals surface area contributed by atoms with Crippen LogP contribution in [0, 0.1) is 29.1 Å². The van der Waals surface area contributed by atoms with Crippen LogP contribution in [0.25, 0.3) is 0 Å². The zero-order valence-electron chi connectivity index (χ0n) is 17.1. The number of aliphatic hydroxyl groups excluding tert-OH is 1. The van der Waals surface area contributed by atoms with Gasteiger partial charge in [-0.2, -0.15) is 0 Å². The first-order chi connectivity index (χ1) is 13.1. The van der Waals surface area contributed by atoms with Gasteiger partial charge in [-0.1, -0.05) is 27.4 Å². The molecule has 28 heavy (non-hydrogen) atoms. The van der Waals surface area contributed by atoms with Crippen LogP contribution in [0.5, 0.6) is 0 Å². The predicted octanol–water partition coefficient (Wildman–Crippen LogP) is 1.66. The van der Waals surface area contributed by atoms with Gasteiger partial charge in [0.25, 0.3) is 0 Å². The molecule has 0 aromatic carbocycles. The summed E-state index contributed by atoms with van der Waals surface area (Å²) in [5, 5.41) is 11.0. The van der Waals surface area contributed by atoms with Gasteiger partial charge in [-0.25, -0.2) is 4.79 Å². The lowest BCUT2D eigenvalue weighted by molar-refractivity contribution is -0.170. The van der Waals surface area contributed by atoms with E-state index in [1.807, 2.05) is 13.8 Å². The standard InChI is InChI=1S/C21H30O7/c1-7-9(2)19(24)28-18-14-10(3)20(25)27-17(14)16(23)11(4)15-12(26-6)8-13(22)21(15,18)5/h9,11-12,14-18,23H,3,7-8H2,1-2,4-6H3/t9-,11+,12+,14-,15-,16-,17+,18+,21-/m1/s1. The SMILES string of the molecule is C=C1C(=O)O[C@@H]2[C@H](O)[C@@H](C)[C@@H]3[C@@H](OC)CC(=O)[C@@]3(C)[C@@H](OC(=O)[C@H](C)CC)[C@H]12. The van der Waals surface area contributed by atoms with Crippen LogP contribution in [0.15, 0.2) is 12.2 Å². The smallest absolute Gasteiger partial charge is 0.334 e. The van der Waals surface area contributed by atoms with Crippen molar-refractivity contribution < 1.29 is 33.7 Å². The van der Waals surface area contributed by atoms with Gasteiger partial charge in [0.05, 0.1) is 29.5 Å². The fraction of sp³-hybridized carbons (Fsp3) is 0.762. The first-order valence-electron chi connectivity index (χ1n) is 9.93. The topological polar surface area (TPSA) is 99.1 Å². The molecule has 0 spiro atoms. The van der Waals surface area contributed by atoms with E-state index in [2.05, 4.69) is 6.58 Å². The molecule has 1 saturated heterocycles. The highest BCUT2D eigenvalue weighted by molar-refractivity contribution is 5.93. The second-order valence-corrected chi connectivity index (χ2v) is 8.65. The maximum Gasteiger partial charge on any atom is 0.334 e. The molecule has 0 aromatic rings. The van der Waals surface area contributed by atoms with E-state index in [0.29, 0.717) is 6.42 Å². The Balaban J connectivity index is 2.14. The van der Waals surface area contributed by atoms with E-state index in [1.54, 1.807) is 13.8 Å². The summed E-state index contributed by atoms with van der Waals surface area (Å²) < 4.78 is 16.9. The van der Waals surface area contributed by atoms with Crippen LogP contribution < -0.4 is 0 Å². The second kappa shape index (κ2) is 7.26. The molecule has 156 valence electrons. The molecule has 1 heterocycles. The van der Waals surface area contributed by atoms with Crippen molar-refractivity contribution in [3.8, 4) is 0 Å².